The number of aliphatic hydroxyl groups excluding tert-OH is 1. The van der Waals surface area contributed by atoms with E-state index in [-0.39, 0.29) is 47.3 Å². The molecular weight excluding hydrogens is 716 g/mol. The number of esters is 3. The molecular formula is C41H46O14. The van der Waals surface area contributed by atoms with E-state index in [0.717, 1.165) is 38.2 Å². The van der Waals surface area contributed by atoms with Gasteiger partial charge in [-0.05, 0) is 130 Å². The summed E-state index contributed by atoms with van der Waals surface area (Å²) >= 11 is 0. The lowest BCUT2D eigenvalue weighted by molar-refractivity contribution is -0.137. The molecule has 0 spiro atoms. The molecule has 3 aromatic rings. The van der Waals surface area contributed by atoms with E-state index in [9.17, 15) is 29.1 Å². The molecule has 1 N–H and O–H groups in total. The van der Waals surface area contributed by atoms with E-state index >= 15 is 0 Å². The second-order valence-electron chi connectivity index (χ2n) is 11.9. The number of benzene rings is 3. The van der Waals surface area contributed by atoms with Crippen LogP contribution in [0.15, 0.2) is 92.0 Å². The van der Waals surface area contributed by atoms with Gasteiger partial charge in [0, 0.05) is 6.08 Å². The molecule has 0 saturated carbocycles. The minimum atomic E-state index is -0.964. The summed E-state index contributed by atoms with van der Waals surface area (Å²) in [6, 6.07) is 16.0. The maximum atomic E-state index is 12.8. The lowest BCUT2D eigenvalue weighted by atomic mass is 10.2. The van der Waals surface area contributed by atoms with Gasteiger partial charge >= 0.3 is 30.2 Å². The van der Waals surface area contributed by atoms with Gasteiger partial charge in [0.05, 0.1) is 37.6 Å². The maximum absolute atomic E-state index is 12.8. The average molecular weight is 763 g/mol. The normalized spacial score (nSPS) is 11.0. The van der Waals surface area contributed by atoms with E-state index in [4.69, 9.17) is 37.9 Å². The van der Waals surface area contributed by atoms with Crippen LogP contribution < -0.4 is 18.9 Å². The lowest BCUT2D eigenvalue weighted by Gasteiger charge is -2.11. The number of hydrogen-bond acceptors (Lipinski definition) is 14. The van der Waals surface area contributed by atoms with Crippen LogP contribution in [0.25, 0.3) is 0 Å². The van der Waals surface area contributed by atoms with Crippen LogP contribution >= 0.6 is 0 Å². The molecule has 3 rings (SSSR count). The first-order chi connectivity index (χ1) is 26.6. The Labute approximate surface area is 319 Å². The largest absolute Gasteiger partial charge is 0.513 e. The second kappa shape index (κ2) is 24.3. The molecule has 14 nitrogen and oxygen atoms in total. The number of aryl methyl sites for hydroxylation is 1. The molecule has 55 heavy (non-hydrogen) atoms. The van der Waals surface area contributed by atoms with Gasteiger partial charge in [-0.25, -0.2) is 24.0 Å². The Balaban J connectivity index is 1.35. The van der Waals surface area contributed by atoms with Gasteiger partial charge in [0.1, 0.15) is 23.0 Å². The summed E-state index contributed by atoms with van der Waals surface area (Å²) < 4.78 is 41.4. The molecule has 3 aromatic carbocycles. The van der Waals surface area contributed by atoms with Crippen molar-refractivity contribution in [2.45, 2.75) is 64.6 Å². The third kappa shape index (κ3) is 17.1. The van der Waals surface area contributed by atoms with Crippen LogP contribution in [0.4, 0.5) is 9.59 Å². The zero-order valence-electron chi connectivity index (χ0n) is 30.7. The first-order valence-corrected chi connectivity index (χ1v) is 17.7. The summed E-state index contributed by atoms with van der Waals surface area (Å²) in [5.41, 5.74) is 0.934. The fraction of sp³-hybridized carbons (Fsp3) is 0.341. The van der Waals surface area contributed by atoms with Crippen molar-refractivity contribution in [3.05, 3.63) is 109 Å². The number of ether oxygens (including phenoxy) is 8. The second-order valence-corrected chi connectivity index (χ2v) is 11.9. The summed E-state index contributed by atoms with van der Waals surface area (Å²) in [6.07, 6.45) is 5.66. The molecule has 0 aliphatic heterocycles. The minimum absolute atomic E-state index is 0.167. The van der Waals surface area contributed by atoms with Crippen LogP contribution in [0.2, 0.25) is 0 Å². The van der Waals surface area contributed by atoms with E-state index in [1.807, 2.05) is 0 Å². The van der Waals surface area contributed by atoms with Crippen molar-refractivity contribution < 1.29 is 67.0 Å². The summed E-state index contributed by atoms with van der Waals surface area (Å²) in [5.74, 6) is -0.942. The Kier molecular flexibility index (Phi) is 19.2. The van der Waals surface area contributed by atoms with Gasteiger partial charge in [0.15, 0.2) is 6.29 Å². The Morgan fingerprint density at radius 2 is 1.04 bits per heavy atom. The molecule has 0 aromatic heterocycles. The highest BCUT2D eigenvalue weighted by Gasteiger charge is 2.15. The number of aliphatic hydroxyl groups is 1. The number of carbonyl (C=O) groups excluding carboxylic acids is 5. The Morgan fingerprint density at radius 3 is 1.51 bits per heavy atom. The first-order valence-electron chi connectivity index (χ1n) is 17.7. The number of hydrogen-bond donors (Lipinski definition) is 1. The van der Waals surface area contributed by atoms with Crippen LogP contribution in [0.3, 0.4) is 0 Å². The topological polar surface area (TPSA) is 179 Å². The predicted octanol–water partition coefficient (Wildman–Crippen LogP) is 7.84. The van der Waals surface area contributed by atoms with E-state index in [1.165, 1.54) is 72.8 Å². The fourth-order valence-electron chi connectivity index (χ4n) is 4.62. The molecule has 0 bridgehead atoms. The molecule has 0 aliphatic carbocycles. The average Bonchev–Trinajstić information content (AvgIpc) is 3.18. The van der Waals surface area contributed by atoms with Crippen molar-refractivity contribution >= 4 is 30.2 Å². The number of rotatable bonds is 23. The molecule has 0 radical (unpaired) electrons. The zero-order chi connectivity index (χ0) is 39.8. The van der Waals surface area contributed by atoms with Gasteiger partial charge in [-0.3, -0.25) is 0 Å². The van der Waals surface area contributed by atoms with Gasteiger partial charge in [0.2, 0.25) is 0 Å². The highest BCUT2D eigenvalue weighted by atomic mass is 16.7. The quantitative estimate of drug-likeness (QED) is 0.0144. The maximum Gasteiger partial charge on any atom is 0.513 e. The van der Waals surface area contributed by atoms with Crippen LogP contribution in [-0.2, 0) is 23.7 Å². The standard InChI is InChI=1S/C41H46O14/c1-4-36(42)48-24-10-6-8-12-26-50-40(46)53-32-18-14-30(15-19-32)38(44)52-34-22-23-35(29(3)28-34)55-39(45)31-16-20-33(21-17-31)54-41(47)51-27-13-9-7-11-25-49-37(43)5-2/h4-5,14-23,28,37,43H,1-2,6-13,24-27H2,3H3. The molecule has 0 saturated heterocycles. The highest BCUT2D eigenvalue weighted by Crippen LogP contribution is 2.26. The van der Waals surface area contributed by atoms with Crippen molar-refractivity contribution in [2.75, 3.05) is 26.4 Å². The minimum Gasteiger partial charge on any atom is -0.463 e. The number of carbonyl (C=O) groups is 5. The van der Waals surface area contributed by atoms with Crippen LogP contribution in [0.1, 0.15) is 77.6 Å². The monoisotopic (exact) mass is 762 g/mol. The Hall–Kier alpha value is -5.99. The van der Waals surface area contributed by atoms with Gasteiger partial charge in [-0.2, -0.15) is 0 Å². The molecule has 0 amide bonds. The predicted molar refractivity (Wildman–Crippen MR) is 198 cm³/mol. The molecule has 0 aliphatic rings. The molecule has 1 atom stereocenters. The third-order valence-corrected chi connectivity index (χ3v) is 7.56. The van der Waals surface area contributed by atoms with E-state index in [2.05, 4.69) is 13.2 Å². The molecule has 0 heterocycles. The van der Waals surface area contributed by atoms with Crippen molar-refractivity contribution in [3.8, 4) is 23.0 Å². The van der Waals surface area contributed by atoms with Crippen LogP contribution in [-0.4, -0.2) is 68.0 Å². The van der Waals surface area contributed by atoms with Crippen LogP contribution in [0, 0.1) is 6.92 Å². The van der Waals surface area contributed by atoms with Gasteiger partial charge in [0.25, 0.3) is 0 Å². The van der Waals surface area contributed by atoms with E-state index in [0.29, 0.717) is 38.0 Å². The summed E-state index contributed by atoms with van der Waals surface area (Å²) in [4.78, 5) is 60.5. The molecule has 294 valence electrons. The summed E-state index contributed by atoms with van der Waals surface area (Å²) in [6.45, 7) is 9.51. The van der Waals surface area contributed by atoms with Gasteiger partial charge < -0.3 is 43.0 Å². The Morgan fingerprint density at radius 1 is 0.582 bits per heavy atom. The van der Waals surface area contributed by atoms with Crippen molar-refractivity contribution in [1.82, 2.24) is 0 Å². The highest BCUT2D eigenvalue weighted by molar-refractivity contribution is 5.92. The summed E-state index contributed by atoms with van der Waals surface area (Å²) in [5, 5.41) is 9.25. The zero-order valence-corrected chi connectivity index (χ0v) is 30.7. The molecule has 0 fully saturated rings. The van der Waals surface area contributed by atoms with Crippen molar-refractivity contribution in [1.29, 1.82) is 0 Å². The van der Waals surface area contributed by atoms with Crippen LogP contribution in [0.5, 0.6) is 23.0 Å². The molecule has 1 unspecified atom stereocenters. The smallest absolute Gasteiger partial charge is 0.463 e. The van der Waals surface area contributed by atoms with Crippen molar-refractivity contribution in [2.24, 2.45) is 0 Å². The van der Waals surface area contributed by atoms with Gasteiger partial charge in [-0.1, -0.05) is 19.6 Å². The lowest BCUT2D eigenvalue weighted by Crippen LogP contribution is -2.13. The van der Waals surface area contributed by atoms with Crippen molar-refractivity contribution in [3.63, 3.8) is 0 Å². The number of unbranched alkanes of at least 4 members (excludes halogenated alkanes) is 6. The SMILES string of the molecule is C=CC(=O)OCCCCCCOC(=O)Oc1ccc(C(=O)Oc2ccc(OC(=O)c3ccc(OC(=O)OCCCCCCOC(O)C=C)cc3)c(C)c2)cc1. The molecule has 14 heteroatoms. The Bertz CT molecular complexity index is 1720. The summed E-state index contributed by atoms with van der Waals surface area (Å²) in [7, 11) is 0. The van der Waals surface area contributed by atoms with E-state index < -0.39 is 36.5 Å². The fourth-order valence-corrected chi connectivity index (χ4v) is 4.62. The van der Waals surface area contributed by atoms with E-state index in [1.54, 1.807) is 6.92 Å². The third-order valence-electron chi connectivity index (χ3n) is 7.56. The first kappa shape index (κ1) is 43.4. The van der Waals surface area contributed by atoms with Gasteiger partial charge in [-0.15, -0.1) is 0 Å².